The first-order valence-electron chi connectivity index (χ1n) is 5.53. The third-order valence-corrected chi connectivity index (χ3v) is 2.46. The highest BCUT2D eigenvalue weighted by molar-refractivity contribution is 6.30. The number of benzene rings is 1. The number of rotatable bonds is 2. The van der Waals surface area contributed by atoms with E-state index in [2.05, 4.69) is 20.3 Å². The maximum Gasteiger partial charge on any atom is 0.325 e. The molecule has 7 heteroatoms. The molecule has 98 valence electrons. The molecule has 0 aliphatic rings. The van der Waals surface area contributed by atoms with E-state index in [1.807, 2.05) is 6.07 Å². The van der Waals surface area contributed by atoms with Crippen molar-refractivity contribution < 1.29 is 4.99 Å². The summed E-state index contributed by atoms with van der Waals surface area (Å²) in [6.45, 7) is 1.72. The van der Waals surface area contributed by atoms with E-state index in [9.17, 15) is 4.79 Å². The zero-order valence-corrected chi connectivity index (χ0v) is 11.0. The van der Waals surface area contributed by atoms with Crippen LogP contribution in [0, 0.1) is 6.92 Å². The van der Waals surface area contributed by atoms with Crippen molar-refractivity contribution in [3.63, 3.8) is 0 Å². The summed E-state index contributed by atoms with van der Waals surface area (Å²) in [5.41, 5.74) is 6.86. The fourth-order valence-corrected chi connectivity index (χ4v) is 1.71. The second kappa shape index (κ2) is 5.53. The summed E-state index contributed by atoms with van der Waals surface area (Å²) in [5.74, 6) is 0.507. The van der Waals surface area contributed by atoms with E-state index in [0.717, 1.165) is 5.69 Å². The van der Waals surface area contributed by atoms with Crippen molar-refractivity contribution in [1.29, 1.82) is 0 Å². The number of aromatic nitrogens is 2. The van der Waals surface area contributed by atoms with Gasteiger partial charge in [0, 0.05) is 11.1 Å². The lowest BCUT2D eigenvalue weighted by Crippen LogP contribution is -2.73. The van der Waals surface area contributed by atoms with Gasteiger partial charge in [0.15, 0.2) is 0 Å². The van der Waals surface area contributed by atoms with Crippen LogP contribution in [0.5, 0.6) is 0 Å². The largest absolute Gasteiger partial charge is 0.325 e. The molecule has 0 bridgehead atoms. The molecule has 1 heterocycles. The van der Waals surface area contributed by atoms with Crippen molar-refractivity contribution in [2.45, 2.75) is 6.92 Å². The van der Waals surface area contributed by atoms with E-state index in [-0.39, 0.29) is 17.5 Å². The van der Waals surface area contributed by atoms with Gasteiger partial charge in [-0.25, -0.2) is 9.98 Å². The van der Waals surface area contributed by atoms with E-state index in [1.54, 1.807) is 25.1 Å². The van der Waals surface area contributed by atoms with Gasteiger partial charge in [-0.15, -0.1) is 4.98 Å². The van der Waals surface area contributed by atoms with Gasteiger partial charge in [0.2, 0.25) is 0 Å². The third kappa shape index (κ3) is 3.82. The lowest BCUT2D eigenvalue weighted by Gasteiger charge is -2.01. The predicted octanol–water partition coefficient (Wildman–Crippen LogP) is -0.129. The van der Waals surface area contributed by atoms with Gasteiger partial charge in [0.1, 0.15) is 0 Å². The number of hydrogen-bond donors (Lipinski definition) is 4. The van der Waals surface area contributed by atoms with Crippen LogP contribution >= 0.6 is 11.6 Å². The third-order valence-electron chi connectivity index (χ3n) is 2.23. The molecule has 0 aliphatic heterocycles. The number of guanidine groups is 1. The molecule has 0 aliphatic carbocycles. The standard InChI is InChI=1S/C12H12ClN5O/c1-7-5-10(19)17-12(15-7)18-11(14)16-9-4-2-3-8(13)6-9/h2-6H,1H3,(H4,14,15,16,17,18,19)/p+1. The first-order chi connectivity index (χ1) is 9.02. The molecule has 0 amide bonds. The zero-order chi connectivity index (χ0) is 13.8. The Kier molecular flexibility index (Phi) is 3.82. The normalized spacial score (nSPS) is 11.4. The van der Waals surface area contributed by atoms with E-state index in [4.69, 9.17) is 17.3 Å². The highest BCUT2D eigenvalue weighted by Gasteiger charge is 2.04. The van der Waals surface area contributed by atoms with Crippen molar-refractivity contribution in [2.24, 2.45) is 5.73 Å². The Bertz CT molecular complexity index is 680. The molecular weight excluding hydrogens is 266 g/mol. The van der Waals surface area contributed by atoms with Gasteiger partial charge in [-0.3, -0.25) is 10.1 Å². The Hall–Kier alpha value is -2.34. The zero-order valence-electron chi connectivity index (χ0n) is 10.2. The van der Waals surface area contributed by atoms with Gasteiger partial charge in [-0.1, -0.05) is 17.7 Å². The fourth-order valence-electron chi connectivity index (χ4n) is 1.52. The molecule has 1 aromatic heterocycles. The number of hydrogen-bond acceptors (Lipinski definition) is 2. The molecule has 0 unspecified atom stereocenters. The van der Waals surface area contributed by atoms with Crippen LogP contribution in [0.1, 0.15) is 5.69 Å². The Morgan fingerprint density at radius 1 is 1.47 bits per heavy atom. The molecule has 2 rings (SSSR count). The van der Waals surface area contributed by atoms with Crippen molar-refractivity contribution in [3.05, 3.63) is 51.4 Å². The summed E-state index contributed by atoms with van der Waals surface area (Å²) in [6, 6.07) is 8.49. The lowest BCUT2D eigenvalue weighted by molar-refractivity contribution is -0.365. The van der Waals surface area contributed by atoms with Crippen LogP contribution in [0.4, 0.5) is 11.6 Å². The quantitative estimate of drug-likeness (QED) is 0.454. The number of anilines is 1. The first kappa shape index (κ1) is 13.1. The maximum atomic E-state index is 11.3. The maximum absolute atomic E-state index is 11.3. The molecule has 0 saturated heterocycles. The molecule has 19 heavy (non-hydrogen) atoms. The van der Waals surface area contributed by atoms with E-state index < -0.39 is 0 Å². The number of nitrogens with one attached hydrogen (secondary N) is 3. The molecule has 6 nitrogen and oxygen atoms in total. The minimum Gasteiger partial charge on any atom is -0.322 e. The van der Waals surface area contributed by atoms with Gasteiger partial charge in [-0.2, -0.15) is 0 Å². The second-order valence-corrected chi connectivity index (χ2v) is 4.35. The number of H-pyrrole nitrogens is 1. The molecule has 0 fully saturated rings. The van der Waals surface area contributed by atoms with E-state index in [0.29, 0.717) is 10.7 Å². The van der Waals surface area contributed by atoms with Crippen molar-refractivity contribution in [1.82, 2.24) is 9.97 Å². The van der Waals surface area contributed by atoms with E-state index >= 15 is 0 Å². The van der Waals surface area contributed by atoms with Crippen LogP contribution in [0.3, 0.4) is 0 Å². The van der Waals surface area contributed by atoms with Crippen LogP contribution in [0.25, 0.3) is 0 Å². The van der Waals surface area contributed by atoms with Crippen LogP contribution in [-0.2, 0) is 0 Å². The molecule has 0 radical (unpaired) electrons. The Morgan fingerprint density at radius 2 is 2.26 bits per heavy atom. The Morgan fingerprint density at radius 3 is 2.95 bits per heavy atom. The highest BCUT2D eigenvalue weighted by Crippen LogP contribution is 2.13. The van der Waals surface area contributed by atoms with Crippen molar-refractivity contribution in [2.75, 3.05) is 5.32 Å². The average Bonchev–Trinajstić information content (AvgIpc) is 2.26. The second-order valence-electron chi connectivity index (χ2n) is 3.91. The molecule has 1 aromatic carbocycles. The molecular formula is C12H13ClN5O+. The molecule has 0 atom stereocenters. The van der Waals surface area contributed by atoms with Crippen LogP contribution in [0.15, 0.2) is 35.1 Å². The smallest absolute Gasteiger partial charge is 0.322 e. The van der Waals surface area contributed by atoms with Crippen LogP contribution in [-0.4, -0.2) is 15.9 Å². The van der Waals surface area contributed by atoms with E-state index in [1.165, 1.54) is 6.07 Å². The fraction of sp³-hybridized carbons (Fsp3) is 0.0833. The summed E-state index contributed by atoms with van der Waals surface area (Å²) < 4.78 is 0. The summed E-state index contributed by atoms with van der Waals surface area (Å²) in [4.78, 5) is 20.7. The van der Waals surface area contributed by atoms with Gasteiger partial charge < -0.3 is 5.73 Å². The van der Waals surface area contributed by atoms with Crippen molar-refractivity contribution in [3.8, 4) is 0 Å². The summed E-state index contributed by atoms with van der Waals surface area (Å²) in [6.07, 6.45) is 0. The Labute approximate surface area is 114 Å². The summed E-state index contributed by atoms with van der Waals surface area (Å²) >= 11 is 5.86. The molecule has 0 spiro atoms. The van der Waals surface area contributed by atoms with Gasteiger partial charge in [0.05, 0.1) is 11.4 Å². The molecule has 2 aromatic rings. The van der Waals surface area contributed by atoms with Crippen molar-refractivity contribution >= 4 is 29.2 Å². The van der Waals surface area contributed by atoms with Crippen LogP contribution in [0.2, 0.25) is 5.02 Å². The number of aryl methyl sites for hydroxylation is 1. The Balaban J connectivity index is 2.21. The molecule has 5 N–H and O–H groups in total. The first-order valence-corrected chi connectivity index (χ1v) is 5.91. The van der Waals surface area contributed by atoms with Gasteiger partial charge >= 0.3 is 5.95 Å². The van der Waals surface area contributed by atoms with Gasteiger partial charge in [-0.05, 0) is 25.1 Å². The minimum atomic E-state index is -0.245. The minimum absolute atomic E-state index is 0.232. The number of aromatic amines is 1. The lowest BCUT2D eigenvalue weighted by atomic mass is 10.3. The predicted molar refractivity (Wildman–Crippen MR) is 74.5 cm³/mol. The summed E-state index contributed by atoms with van der Waals surface area (Å²) in [5, 5.41) is 3.50. The molecule has 0 saturated carbocycles. The monoisotopic (exact) mass is 278 g/mol. The highest BCUT2D eigenvalue weighted by atomic mass is 35.5. The SMILES string of the molecule is Cc1cc(=O)[nH]c([NH+]=C(N)Nc2cccc(Cl)c2)n1. The topological polar surface area (TPSA) is 97.8 Å². The van der Waals surface area contributed by atoms with Gasteiger partial charge in [0.25, 0.3) is 11.5 Å². The summed E-state index contributed by atoms with van der Waals surface area (Å²) in [7, 11) is 0. The number of nitrogens with zero attached hydrogens (tertiary/aromatic N) is 1. The van der Waals surface area contributed by atoms with Crippen LogP contribution < -0.4 is 21.6 Å². The average molecular weight is 279 g/mol. The number of halogens is 1. The number of nitrogens with two attached hydrogens (primary N) is 1.